The molecule has 3 N–H and O–H groups in total. The van der Waals surface area contributed by atoms with Gasteiger partial charge in [-0.1, -0.05) is 29.8 Å². The lowest BCUT2D eigenvalue weighted by atomic mass is 10.1. The Morgan fingerprint density at radius 3 is 2.32 bits per heavy atom. The number of carbonyl (C=O) groups is 3. The van der Waals surface area contributed by atoms with E-state index in [2.05, 4.69) is 10.6 Å². The van der Waals surface area contributed by atoms with Gasteiger partial charge in [0.05, 0.1) is 6.54 Å². The Kier molecular flexibility index (Phi) is 7.67. The summed E-state index contributed by atoms with van der Waals surface area (Å²) in [5.74, 6) is -1.38. The van der Waals surface area contributed by atoms with Crippen LogP contribution in [-0.4, -0.2) is 36.0 Å². The first-order chi connectivity index (χ1) is 10.5. The lowest BCUT2D eigenvalue weighted by Crippen LogP contribution is -2.37. The Balaban J connectivity index is 2.13. The van der Waals surface area contributed by atoms with Crippen molar-refractivity contribution in [1.29, 1.82) is 0 Å². The van der Waals surface area contributed by atoms with Crippen molar-refractivity contribution in [3.63, 3.8) is 0 Å². The van der Waals surface area contributed by atoms with Gasteiger partial charge in [0.25, 0.3) is 0 Å². The maximum atomic E-state index is 11.6. The average Bonchev–Trinajstić information content (AvgIpc) is 2.48. The van der Waals surface area contributed by atoms with E-state index in [0.29, 0.717) is 25.8 Å². The molecule has 0 aromatic heterocycles. The molecule has 0 bridgehead atoms. The molecular formula is C16H22N2O4. The van der Waals surface area contributed by atoms with Crippen molar-refractivity contribution < 1.29 is 19.5 Å². The molecular weight excluding hydrogens is 284 g/mol. The summed E-state index contributed by atoms with van der Waals surface area (Å²) in [6, 6.07) is 7.96. The van der Waals surface area contributed by atoms with Gasteiger partial charge in [-0.15, -0.1) is 0 Å². The molecule has 0 aliphatic rings. The summed E-state index contributed by atoms with van der Waals surface area (Å²) in [5.41, 5.74) is 2.26. The van der Waals surface area contributed by atoms with Gasteiger partial charge in [-0.3, -0.25) is 14.4 Å². The number of hydrogen-bond acceptors (Lipinski definition) is 3. The van der Waals surface area contributed by atoms with Crippen LogP contribution >= 0.6 is 0 Å². The molecule has 0 radical (unpaired) electrons. The topological polar surface area (TPSA) is 95.5 Å². The second kappa shape index (κ2) is 9.55. The molecule has 6 heteroatoms. The van der Waals surface area contributed by atoms with Crippen molar-refractivity contribution in [2.24, 2.45) is 0 Å². The van der Waals surface area contributed by atoms with Gasteiger partial charge in [0.1, 0.15) is 0 Å². The molecule has 120 valence electrons. The Hall–Kier alpha value is -2.37. The summed E-state index contributed by atoms with van der Waals surface area (Å²) in [6.45, 7) is 2.22. The molecule has 0 saturated heterocycles. The van der Waals surface area contributed by atoms with E-state index in [4.69, 9.17) is 5.11 Å². The van der Waals surface area contributed by atoms with Gasteiger partial charge in [-0.05, 0) is 25.3 Å². The highest BCUT2D eigenvalue weighted by molar-refractivity contribution is 5.84. The predicted octanol–water partition coefficient (Wildman–Crippen LogP) is 1.02. The van der Waals surface area contributed by atoms with E-state index in [1.165, 1.54) is 5.56 Å². The number of benzene rings is 1. The summed E-state index contributed by atoms with van der Waals surface area (Å²) in [4.78, 5) is 33.4. The van der Waals surface area contributed by atoms with Crippen LogP contribution in [0.1, 0.15) is 30.4 Å². The maximum Gasteiger partial charge on any atom is 0.303 e. The second-order valence-electron chi connectivity index (χ2n) is 5.11. The zero-order chi connectivity index (χ0) is 16.4. The zero-order valence-corrected chi connectivity index (χ0v) is 12.7. The predicted molar refractivity (Wildman–Crippen MR) is 82.4 cm³/mol. The third-order valence-electron chi connectivity index (χ3n) is 3.10. The molecule has 1 aromatic rings. The first kappa shape index (κ1) is 17.7. The minimum atomic E-state index is -0.890. The molecule has 0 atom stereocenters. The van der Waals surface area contributed by atoms with Crippen LogP contribution in [0.2, 0.25) is 0 Å². The number of aliphatic carboxylic acids is 1. The summed E-state index contributed by atoms with van der Waals surface area (Å²) < 4.78 is 0. The molecule has 0 saturated carbocycles. The largest absolute Gasteiger partial charge is 0.481 e. The van der Waals surface area contributed by atoms with Crippen LogP contribution in [0.5, 0.6) is 0 Å². The van der Waals surface area contributed by atoms with Crippen LogP contribution in [0.25, 0.3) is 0 Å². The zero-order valence-electron chi connectivity index (χ0n) is 12.7. The number of hydrogen-bond donors (Lipinski definition) is 3. The van der Waals surface area contributed by atoms with Gasteiger partial charge in [-0.25, -0.2) is 0 Å². The van der Waals surface area contributed by atoms with Crippen LogP contribution in [0.3, 0.4) is 0 Å². The number of nitrogens with one attached hydrogen (secondary N) is 2. The summed E-state index contributed by atoms with van der Waals surface area (Å²) >= 11 is 0. The van der Waals surface area contributed by atoms with Gasteiger partial charge in [0.2, 0.25) is 11.8 Å². The molecule has 1 aromatic carbocycles. The molecule has 0 spiro atoms. The fourth-order valence-corrected chi connectivity index (χ4v) is 1.81. The van der Waals surface area contributed by atoms with E-state index < -0.39 is 5.97 Å². The van der Waals surface area contributed by atoms with E-state index in [1.54, 1.807) is 0 Å². The van der Waals surface area contributed by atoms with E-state index in [-0.39, 0.29) is 24.8 Å². The van der Waals surface area contributed by atoms with Gasteiger partial charge in [0, 0.05) is 19.4 Å². The van der Waals surface area contributed by atoms with Crippen LogP contribution in [-0.2, 0) is 20.8 Å². The highest BCUT2D eigenvalue weighted by atomic mass is 16.4. The fraction of sp³-hybridized carbons (Fsp3) is 0.438. The fourth-order valence-electron chi connectivity index (χ4n) is 1.81. The third-order valence-corrected chi connectivity index (χ3v) is 3.10. The molecule has 0 unspecified atom stereocenters. The number of carboxylic acid groups (broad SMARTS) is 1. The highest BCUT2D eigenvalue weighted by Gasteiger charge is 2.06. The quantitative estimate of drug-likeness (QED) is 0.594. The monoisotopic (exact) mass is 306 g/mol. The van der Waals surface area contributed by atoms with Crippen LogP contribution in [0.15, 0.2) is 24.3 Å². The van der Waals surface area contributed by atoms with Crippen LogP contribution in [0.4, 0.5) is 0 Å². The SMILES string of the molecule is Cc1ccc(CCC(=O)NCC(=O)NCCCC(=O)O)cc1. The lowest BCUT2D eigenvalue weighted by molar-refractivity contribution is -0.137. The molecule has 1 rings (SSSR count). The second-order valence-corrected chi connectivity index (χ2v) is 5.11. The number of amides is 2. The minimum Gasteiger partial charge on any atom is -0.481 e. The van der Waals surface area contributed by atoms with Gasteiger partial charge < -0.3 is 15.7 Å². The summed E-state index contributed by atoms with van der Waals surface area (Å²) in [5, 5.41) is 13.6. The van der Waals surface area contributed by atoms with Crippen molar-refractivity contribution in [3.8, 4) is 0 Å². The molecule has 0 fully saturated rings. The van der Waals surface area contributed by atoms with Gasteiger partial charge in [0.15, 0.2) is 0 Å². The van der Waals surface area contributed by atoms with Crippen molar-refractivity contribution in [2.45, 2.75) is 32.6 Å². The molecule has 6 nitrogen and oxygen atoms in total. The Bertz CT molecular complexity index is 511. The van der Waals surface area contributed by atoms with Crippen molar-refractivity contribution in [1.82, 2.24) is 10.6 Å². The van der Waals surface area contributed by atoms with E-state index in [9.17, 15) is 14.4 Å². The number of aryl methyl sites for hydroxylation is 2. The smallest absolute Gasteiger partial charge is 0.303 e. The minimum absolute atomic E-state index is 0.0171. The number of carboxylic acids is 1. The molecule has 0 heterocycles. The van der Waals surface area contributed by atoms with E-state index in [0.717, 1.165) is 5.56 Å². The molecule has 2 amide bonds. The normalized spacial score (nSPS) is 10.0. The standard InChI is InChI=1S/C16H22N2O4/c1-12-4-6-13(7-5-12)8-9-14(19)18-11-15(20)17-10-2-3-16(21)22/h4-7H,2-3,8-11H2,1H3,(H,17,20)(H,18,19)(H,21,22). The Labute approximate surface area is 129 Å². The van der Waals surface area contributed by atoms with Crippen molar-refractivity contribution >= 4 is 17.8 Å². The average molecular weight is 306 g/mol. The van der Waals surface area contributed by atoms with Crippen molar-refractivity contribution in [3.05, 3.63) is 35.4 Å². The molecule has 22 heavy (non-hydrogen) atoms. The first-order valence-corrected chi connectivity index (χ1v) is 7.28. The van der Waals surface area contributed by atoms with Gasteiger partial charge >= 0.3 is 5.97 Å². The van der Waals surface area contributed by atoms with Crippen LogP contribution < -0.4 is 10.6 Å². The van der Waals surface area contributed by atoms with E-state index >= 15 is 0 Å². The molecule has 0 aliphatic heterocycles. The molecule has 0 aliphatic carbocycles. The Morgan fingerprint density at radius 1 is 1.00 bits per heavy atom. The summed E-state index contributed by atoms with van der Waals surface area (Å²) in [6.07, 6.45) is 1.35. The first-order valence-electron chi connectivity index (χ1n) is 7.28. The Morgan fingerprint density at radius 2 is 1.68 bits per heavy atom. The van der Waals surface area contributed by atoms with E-state index in [1.807, 2.05) is 31.2 Å². The lowest BCUT2D eigenvalue weighted by Gasteiger charge is -2.06. The third kappa shape index (κ3) is 8.04. The number of rotatable bonds is 9. The number of carbonyl (C=O) groups excluding carboxylic acids is 2. The maximum absolute atomic E-state index is 11.6. The van der Waals surface area contributed by atoms with Crippen LogP contribution in [0, 0.1) is 6.92 Å². The summed E-state index contributed by atoms with van der Waals surface area (Å²) in [7, 11) is 0. The van der Waals surface area contributed by atoms with Gasteiger partial charge in [-0.2, -0.15) is 0 Å². The van der Waals surface area contributed by atoms with Crippen molar-refractivity contribution in [2.75, 3.05) is 13.1 Å². The highest BCUT2D eigenvalue weighted by Crippen LogP contribution is 2.05.